The van der Waals surface area contributed by atoms with Crippen molar-refractivity contribution in [1.82, 2.24) is 5.32 Å². The van der Waals surface area contributed by atoms with Crippen LogP contribution in [0.5, 0.6) is 17.2 Å². The zero-order valence-electron chi connectivity index (χ0n) is 16.8. The van der Waals surface area contributed by atoms with Crippen molar-refractivity contribution in [3.63, 3.8) is 0 Å². The number of amides is 1. The number of aryl methyl sites for hydroxylation is 1. The molecule has 0 unspecified atom stereocenters. The fourth-order valence-corrected chi connectivity index (χ4v) is 2.97. The lowest BCUT2D eigenvalue weighted by Crippen LogP contribution is -2.30. The van der Waals surface area contributed by atoms with Gasteiger partial charge in [0.1, 0.15) is 5.75 Å². The first-order chi connectivity index (χ1) is 12.9. The molecule has 27 heavy (non-hydrogen) atoms. The minimum Gasteiger partial charge on any atom is -0.493 e. The van der Waals surface area contributed by atoms with Gasteiger partial charge in [0.2, 0.25) is 0 Å². The van der Waals surface area contributed by atoms with Crippen molar-refractivity contribution in [3.8, 4) is 17.2 Å². The van der Waals surface area contributed by atoms with Crippen LogP contribution in [0, 0.1) is 6.92 Å². The SMILES string of the molecule is COc1ccc(CCNC(=O)COc2ccc(C(C)C)c(C)c2)cc1OC. The molecule has 0 aliphatic heterocycles. The summed E-state index contributed by atoms with van der Waals surface area (Å²) in [7, 11) is 3.21. The summed E-state index contributed by atoms with van der Waals surface area (Å²) < 4.78 is 16.1. The van der Waals surface area contributed by atoms with Crippen LogP contribution in [-0.2, 0) is 11.2 Å². The summed E-state index contributed by atoms with van der Waals surface area (Å²) in [5.74, 6) is 2.43. The van der Waals surface area contributed by atoms with Gasteiger partial charge in [-0.05, 0) is 60.2 Å². The molecule has 5 nitrogen and oxygen atoms in total. The number of hydrogen-bond acceptors (Lipinski definition) is 4. The van der Waals surface area contributed by atoms with E-state index >= 15 is 0 Å². The van der Waals surface area contributed by atoms with Crippen LogP contribution in [0.3, 0.4) is 0 Å². The van der Waals surface area contributed by atoms with Gasteiger partial charge >= 0.3 is 0 Å². The Morgan fingerprint density at radius 1 is 1.04 bits per heavy atom. The molecule has 0 aliphatic rings. The van der Waals surface area contributed by atoms with Crippen LogP contribution in [-0.4, -0.2) is 33.3 Å². The summed E-state index contributed by atoms with van der Waals surface area (Å²) in [4.78, 5) is 12.0. The molecule has 1 N–H and O–H groups in total. The van der Waals surface area contributed by atoms with Crippen LogP contribution in [0.25, 0.3) is 0 Å². The van der Waals surface area contributed by atoms with Gasteiger partial charge < -0.3 is 19.5 Å². The monoisotopic (exact) mass is 371 g/mol. The number of carbonyl (C=O) groups is 1. The van der Waals surface area contributed by atoms with Gasteiger partial charge in [0.25, 0.3) is 5.91 Å². The molecule has 0 fully saturated rings. The highest BCUT2D eigenvalue weighted by Gasteiger charge is 2.08. The third kappa shape index (κ3) is 5.91. The van der Waals surface area contributed by atoms with E-state index in [0.29, 0.717) is 36.1 Å². The quantitative estimate of drug-likeness (QED) is 0.727. The Balaban J connectivity index is 1.79. The first-order valence-electron chi connectivity index (χ1n) is 9.15. The molecule has 0 aromatic heterocycles. The maximum absolute atomic E-state index is 12.0. The van der Waals surface area contributed by atoms with Crippen molar-refractivity contribution in [2.24, 2.45) is 0 Å². The Kier molecular flexibility index (Phi) is 7.53. The average Bonchev–Trinajstić information content (AvgIpc) is 2.66. The number of rotatable bonds is 9. The predicted molar refractivity (Wildman–Crippen MR) is 107 cm³/mol. The van der Waals surface area contributed by atoms with E-state index in [1.165, 1.54) is 11.1 Å². The molecule has 0 heterocycles. The van der Waals surface area contributed by atoms with Gasteiger partial charge in [-0.25, -0.2) is 0 Å². The molecule has 146 valence electrons. The minimum atomic E-state index is -0.138. The predicted octanol–water partition coefficient (Wildman–Crippen LogP) is 3.87. The van der Waals surface area contributed by atoms with Crippen molar-refractivity contribution in [1.29, 1.82) is 0 Å². The first-order valence-corrected chi connectivity index (χ1v) is 9.15. The fraction of sp³-hybridized carbons (Fsp3) is 0.409. The van der Waals surface area contributed by atoms with E-state index in [1.54, 1.807) is 14.2 Å². The van der Waals surface area contributed by atoms with Gasteiger partial charge in [0, 0.05) is 6.54 Å². The smallest absolute Gasteiger partial charge is 0.257 e. The van der Waals surface area contributed by atoms with E-state index in [4.69, 9.17) is 14.2 Å². The van der Waals surface area contributed by atoms with Gasteiger partial charge in [0.05, 0.1) is 14.2 Å². The lowest BCUT2D eigenvalue weighted by atomic mass is 9.98. The Morgan fingerprint density at radius 3 is 2.41 bits per heavy atom. The van der Waals surface area contributed by atoms with Gasteiger partial charge in [-0.2, -0.15) is 0 Å². The van der Waals surface area contributed by atoms with Crippen LogP contribution in [0.1, 0.15) is 36.5 Å². The van der Waals surface area contributed by atoms with Gasteiger partial charge in [0.15, 0.2) is 18.1 Å². The Labute approximate surface area is 161 Å². The van der Waals surface area contributed by atoms with Crippen molar-refractivity contribution >= 4 is 5.91 Å². The Hall–Kier alpha value is -2.69. The summed E-state index contributed by atoms with van der Waals surface area (Å²) in [6.45, 7) is 6.92. The van der Waals surface area contributed by atoms with Crippen LogP contribution >= 0.6 is 0 Å². The van der Waals surface area contributed by atoms with Gasteiger partial charge in [-0.3, -0.25) is 4.79 Å². The standard InChI is InChI=1S/C22H29NO4/c1-15(2)19-8-7-18(12-16(19)3)27-14-22(24)23-11-10-17-6-9-20(25-4)21(13-17)26-5/h6-9,12-13,15H,10-11,14H2,1-5H3,(H,23,24). The molecular weight excluding hydrogens is 342 g/mol. The van der Waals surface area contributed by atoms with Crippen molar-refractivity contribution in [2.75, 3.05) is 27.4 Å². The molecule has 0 saturated heterocycles. The van der Waals surface area contributed by atoms with E-state index in [1.807, 2.05) is 30.3 Å². The maximum atomic E-state index is 12.0. The highest BCUT2D eigenvalue weighted by atomic mass is 16.5. The average molecular weight is 371 g/mol. The summed E-state index contributed by atoms with van der Waals surface area (Å²) >= 11 is 0. The summed E-state index contributed by atoms with van der Waals surface area (Å²) in [6.07, 6.45) is 0.703. The minimum absolute atomic E-state index is 0.00635. The molecular formula is C22H29NO4. The highest BCUT2D eigenvalue weighted by Crippen LogP contribution is 2.27. The first kappa shape index (κ1) is 20.6. The number of carbonyl (C=O) groups excluding carboxylic acids is 1. The van der Waals surface area contributed by atoms with E-state index in [9.17, 15) is 4.79 Å². The van der Waals surface area contributed by atoms with Crippen LogP contribution in [0.2, 0.25) is 0 Å². The Bertz CT molecular complexity index is 771. The van der Waals surface area contributed by atoms with Crippen LogP contribution in [0.4, 0.5) is 0 Å². The molecule has 0 aliphatic carbocycles. The van der Waals surface area contributed by atoms with E-state index in [2.05, 4.69) is 32.2 Å². The zero-order chi connectivity index (χ0) is 19.8. The second-order valence-corrected chi connectivity index (χ2v) is 6.75. The number of benzene rings is 2. The third-order valence-electron chi connectivity index (χ3n) is 4.42. The summed E-state index contributed by atoms with van der Waals surface area (Å²) in [5, 5.41) is 2.88. The number of nitrogens with one attached hydrogen (secondary N) is 1. The highest BCUT2D eigenvalue weighted by molar-refractivity contribution is 5.77. The lowest BCUT2D eigenvalue weighted by Gasteiger charge is -2.13. The number of methoxy groups -OCH3 is 2. The molecule has 0 saturated carbocycles. The van der Waals surface area contributed by atoms with Crippen molar-refractivity contribution in [3.05, 3.63) is 53.1 Å². The van der Waals surface area contributed by atoms with Crippen molar-refractivity contribution < 1.29 is 19.0 Å². The van der Waals surface area contributed by atoms with Crippen LogP contribution < -0.4 is 19.5 Å². The molecule has 2 aromatic carbocycles. The molecule has 2 aromatic rings. The molecule has 5 heteroatoms. The fourth-order valence-electron chi connectivity index (χ4n) is 2.97. The summed E-state index contributed by atoms with van der Waals surface area (Å²) in [6, 6.07) is 11.7. The van der Waals surface area contributed by atoms with Gasteiger partial charge in [-0.1, -0.05) is 26.0 Å². The van der Waals surface area contributed by atoms with E-state index < -0.39 is 0 Å². The second kappa shape index (κ2) is 9.86. The van der Waals surface area contributed by atoms with Gasteiger partial charge in [-0.15, -0.1) is 0 Å². The molecule has 0 radical (unpaired) electrons. The van der Waals surface area contributed by atoms with E-state index in [0.717, 1.165) is 5.56 Å². The lowest BCUT2D eigenvalue weighted by molar-refractivity contribution is -0.123. The molecule has 0 spiro atoms. The molecule has 0 atom stereocenters. The van der Waals surface area contributed by atoms with Crippen LogP contribution in [0.15, 0.2) is 36.4 Å². The maximum Gasteiger partial charge on any atom is 0.257 e. The molecule has 2 rings (SSSR count). The zero-order valence-corrected chi connectivity index (χ0v) is 16.8. The number of ether oxygens (including phenoxy) is 3. The normalized spacial score (nSPS) is 10.6. The topological polar surface area (TPSA) is 56.8 Å². The number of hydrogen-bond donors (Lipinski definition) is 1. The summed E-state index contributed by atoms with van der Waals surface area (Å²) in [5.41, 5.74) is 3.53. The Morgan fingerprint density at radius 2 is 1.78 bits per heavy atom. The third-order valence-corrected chi connectivity index (χ3v) is 4.42. The van der Waals surface area contributed by atoms with Crippen molar-refractivity contribution in [2.45, 2.75) is 33.1 Å². The molecule has 1 amide bonds. The second-order valence-electron chi connectivity index (χ2n) is 6.75. The molecule has 0 bridgehead atoms. The largest absolute Gasteiger partial charge is 0.493 e. The van der Waals surface area contributed by atoms with E-state index in [-0.39, 0.29) is 12.5 Å².